The Labute approximate surface area is 92.1 Å². The van der Waals surface area contributed by atoms with Crippen LogP contribution in [0.15, 0.2) is 4.79 Å². The normalized spacial score (nSPS) is 19.6. The summed E-state index contributed by atoms with van der Waals surface area (Å²) in [4.78, 5) is 18.0. The highest BCUT2D eigenvalue weighted by molar-refractivity contribution is 5.67. The van der Waals surface area contributed by atoms with Gasteiger partial charge in [-0.05, 0) is 13.8 Å². The van der Waals surface area contributed by atoms with E-state index in [0.717, 1.165) is 0 Å². The van der Waals surface area contributed by atoms with Crippen LogP contribution >= 0.6 is 0 Å². The van der Waals surface area contributed by atoms with Gasteiger partial charge in [0.1, 0.15) is 5.69 Å². The minimum atomic E-state index is -0.932. The molecule has 1 aliphatic heterocycles. The number of nitrogen functional groups attached to an aromatic ring is 1. The van der Waals surface area contributed by atoms with Crippen LogP contribution in [0.4, 0.5) is 17.5 Å². The first kappa shape index (κ1) is 10.7. The molecule has 0 radical (unpaired) electrons. The van der Waals surface area contributed by atoms with Gasteiger partial charge in [-0.25, -0.2) is 0 Å². The molecule has 0 aromatic carbocycles. The molecule has 0 saturated carbocycles. The molecule has 7 nitrogen and oxygen atoms in total. The van der Waals surface area contributed by atoms with Crippen LogP contribution in [0.25, 0.3) is 0 Å². The van der Waals surface area contributed by atoms with Crippen molar-refractivity contribution in [3.05, 3.63) is 10.4 Å². The number of rotatable bonds is 1. The Balaban J connectivity index is 2.38. The zero-order valence-electron chi connectivity index (χ0n) is 9.16. The molecule has 2 heterocycles. The summed E-state index contributed by atoms with van der Waals surface area (Å²) in [5.74, 6) is 0.488. The van der Waals surface area contributed by atoms with Crippen molar-refractivity contribution in [2.24, 2.45) is 0 Å². The van der Waals surface area contributed by atoms with Crippen molar-refractivity contribution >= 4 is 17.5 Å². The third-order valence-electron chi connectivity index (χ3n) is 2.58. The highest BCUT2D eigenvalue weighted by Crippen LogP contribution is 2.24. The molecule has 0 spiro atoms. The van der Waals surface area contributed by atoms with E-state index in [1.807, 2.05) is 0 Å². The monoisotopic (exact) mass is 225 g/mol. The smallest absolute Gasteiger partial charge is 0.277 e. The first-order valence-corrected chi connectivity index (χ1v) is 5.00. The van der Waals surface area contributed by atoms with Crippen LogP contribution in [-0.2, 0) is 0 Å². The van der Waals surface area contributed by atoms with Gasteiger partial charge in [0, 0.05) is 6.54 Å². The lowest BCUT2D eigenvalue weighted by Gasteiger charge is -2.34. The second-order valence-corrected chi connectivity index (χ2v) is 4.41. The van der Waals surface area contributed by atoms with E-state index >= 15 is 0 Å². The number of aromatic nitrogens is 2. The predicted octanol–water partition coefficient (Wildman–Crippen LogP) is -0.671. The average molecular weight is 225 g/mol. The minimum Gasteiger partial charge on any atom is -0.388 e. The van der Waals surface area contributed by atoms with Crippen LogP contribution in [0.1, 0.15) is 13.8 Å². The molecule has 0 bridgehead atoms. The Kier molecular flexibility index (Phi) is 2.27. The number of aromatic amines is 1. The van der Waals surface area contributed by atoms with Crippen molar-refractivity contribution < 1.29 is 5.11 Å². The molecular formula is C9H15N5O2. The van der Waals surface area contributed by atoms with Crippen molar-refractivity contribution in [1.29, 1.82) is 0 Å². The zero-order chi connectivity index (χ0) is 11.9. The summed E-state index contributed by atoms with van der Waals surface area (Å²) < 4.78 is 0. The number of nitrogens with zero attached hydrogens (tertiary/aromatic N) is 1. The van der Waals surface area contributed by atoms with Crippen LogP contribution in [0.5, 0.6) is 0 Å². The molecule has 88 valence electrons. The molecule has 0 fully saturated rings. The predicted molar refractivity (Wildman–Crippen MR) is 61.5 cm³/mol. The number of anilines is 3. The Bertz CT molecular complexity index is 462. The van der Waals surface area contributed by atoms with Crippen LogP contribution < -0.4 is 21.9 Å². The Morgan fingerprint density at radius 1 is 1.56 bits per heavy atom. The molecule has 1 aromatic rings. The maximum atomic E-state index is 11.6. The van der Waals surface area contributed by atoms with Crippen molar-refractivity contribution in [1.82, 2.24) is 9.97 Å². The maximum Gasteiger partial charge on any atom is 0.277 e. The van der Waals surface area contributed by atoms with E-state index in [0.29, 0.717) is 18.1 Å². The highest BCUT2D eigenvalue weighted by Gasteiger charge is 2.31. The topological polar surface area (TPSA) is 116 Å². The number of aliphatic hydroxyl groups is 1. The largest absolute Gasteiger partial charge is 0.388 e. The first-order chi connectivity index (χ1) is 7.38. The SMILES string of the molecule is CC(C)(O)C1CNc2nc(N)[nH]c(=O)c2N1. The van der Waals surface area contributed by atoms with Gasteiger partial charge < -0.3 is 21.5 Å². The van der Waals surface area contributed by atoms with E-state index < -0.39 is 5.60 Å². The van der Waals surface area contributed by atoms with Gasteiger partial charge in [-0.3, -0.25) is 9.78 Å². The van der Waals surface area contributed by atoms with Crippen molar-refractivity contribution in [2.45, 2.75) is 25.5 Å². The number of fused-ring (bicyclic) bond motifs is 1. The fourth-order valence-electron chi connectivity index (χ4n) is 1.60. The number of nitrogens with one attached hydrogen (secondary N) is 3. The molecule has 16 heavy (non-hydrogen) atoms. The molecule has 1 aromatic heterocycles. The third-order valence-corrected chi connectivity index (χ3v) is 2.58. The molecule has 1 atom stereocenters. The van der Waals surface area contributed by atoms with E-state index in [9.17, 15) is 9.90 Å². The summed E-state index contributed by atoms with van der Waals surface area (Å²) in [6.45, 7) is 3.83. The lowest BCUT2D eigenvalue weighted by molar-refractivity contribution is 0.0624. The third kappa shape index (κ3) is 1.81. The van der Waals surface area contributed by atoms with Crippen LogP contribution in [-0.4, -0.2) is 33.3 Å². The van der Waals surface area contributed by atoms with Gasteiger partial charge in [0.05, 0.1) is 11.6 Å². The molecule has 0 aliphatic carbocycles. The summed E-state index contributed by atoms with van der Waals surface area (Å²) in [7, 11) is 0. The molecule has 7 heteroatoms. The van der Waals surface area contributed by atoms with E-state index in [-0.39, 0.29) is 17.5 Å². The molecule has 0 amide bonds. The first-order valence-electron chi connectivity index (χ1n) is 5.00. The van der Waals surface area contributed by atoms with Gasteiger partial charge in [-0.1, -0.05) is 0 Å². The van der Waals surface area contributed by atoms with Gasteiger partial charge in [0.15, 0.2) is 5.82 Å². The van der Waals surface area contributed by atoms with Crippen LogP contribution in [0.3, 0.4) is 0 Å². The molecule has 1 unspecified atom stereocenters. The Morgan fingerprint density at radius 3 is 2.88 bits per heavy atom. The molecular weight excluding hydrogens is 210 g/mol. The number of hydrogen-bond acceptors (Lipinski definition) is 6. The fraction of sp³-hybridized carbons (Fsp3) is 0.556. The Hall–Kier alpha value is -1.76. The average Bonchev–Trinajstić information content (AvgIpc) is 2.15. The van der Waals surface area contributed by atoms with Gasteiger partial charge >= 0.3 is 0 Å². The van der Waals surface area contributed by atoms with Gasteiger partial charge in [-0.15, -0.1) is 0 Å². The molecule has 1 aliphatic rings. The van der Waals surface area contributed by atoms with E-state index in [1.54, 1.807) is 13.8 Å². The van der Waals surface area contributed by atoms with Crippen molar-refractivity contribution in [2.75, 3.05) is 22.9 Å². The van der Waals surface area contributed by atoms with E-state index in [4.69, 9.17) is 5.73 Å². The van der Waals surface area contributed by atoms with Gasteiger partial charge in [0.25, 0.3) is 5.56 Å². The summed E-state index contributed by atoms with van der Waals surface area (Å²) >= 11 is 0. The number of H-pyrrole nitrogens is 1. The lowest BCUT2D eigenvalue weighted by atomic mass is 9.97. The summed E-state index contributed by atoms with van der Waals surface area (Å²) in [5.41, 5.74) is 4.46. The van der Waals surface area contributed by atoms with Crippen LogP contribution in [0.2, 0.25) is 0 Å². The Morgan fingerprint density at radius 2 is 2.25 bits per heavy atom. The summed E-state index contributed by atoms with van der Waals surface area (Å²) in [5, 5.41) is 15.8. The standard InChI is InChI=1S/C9H15N5O2/c1-9(2,16)4-3-11-6-5(12-4)7(15)14-8(10)13-6/h4,12,16H,3H2,1-2H3,(H4,10,11,13,14,15). The summed E-state index contributed by atoms with van der Waals surface area (Å²) in [6.07, 6.45) is 0. The van der Waals surface area contributed by atoms with Gasteiger partial charge in [0.2, 0.25) is 5.95 Å². The second kappa shape index (κ2) is 3.38. The van der Waals surface area contributed by atoms with Gasteiger partial charge in [-0.2, -0.15) is 4.98 Å². The lowest BCUT2D eigenvalue weighted by Crippen LogP contribution is -2.50. The molecule has 0 saturated heterocycles. The number of nitrogens with two attached hydrogens (primary N) is 1. The highest BCUT2D eigenvalue weighted by atomic mass is 16.3. The second-order valence-electron chi connectivity index (χ2n) is 4.41. The van der Waals surface area contributed by atoms with Crippen molar-refractivity contribution in [3.63, 3.8) is 0 Å². The number of hydrogen-bond donors (Lipinski definition) is 5. The van der Waals surface area contributed by atoms with E-state index in [2.05, 4.69) is 20.6 Å². The quantitative estimate of drug-likeness (QED) is 0.433. The van der Waals surface area contributed by atoms with Crippen LogP contribution in [0, 0.1) is 0 Å². The maximum absolute atomic E-state index is 11.6. The zero-order valence-corrected chi connectivity index (χ0v) is 9.16. The minimum absolute atomic E-state index is 0.0692. The summed E-state index contributed by atoms with van der Waals surface area (Å²) in [6, 6.07) is -0.258. The molecule has 6 N–H and O–H groups in total. The van der Waals surface area contributed by atoms with Crippen molar-refractivity contribution in [3.8, 4) is 0 Å². The molecule has 2 rings (SSSR count). The van der Waals surface area contributed by atoms with E-state index in [1.165, 1.54) is 0 Å². The fourth-order valence-corrected chi connectivity index (χ4v) is 1.60.